The van der Waals surface area contributed by atoms with Gasteiger partial charge in [-0.25, -0.2) is 15.0 Å². The summed E-state index contributed by atoms with van der Waals surface area (Å²) < 4.78 is 13.4. The Bertz CT molecular complexity index is 3550. The van der Waals surface area contributed by atoms with Crippen molar-refractivity contribution in [3.63, 3.8) is 0 Å². The fourth-order valence-electron chi connectivity index (χ4n) is 8.55. The lowest BCUT2D eigenvalue weighted by Crippen LogP contribution is -2.01. The zero-order valence-electron chi connectivity index (χ0n) is 29.9. The number of aromatic nitrogens is 3. The molecule has 9 aromatic carbocycles. The second-order valence-corrected chi connectivity index (χ2v) is 14.3. The summed E-state index contributed by atoms with van der Waals surface area (Å²) in [5, 5.41) is 11.0. The van der Waals surface area contributed by atoms with Gasteiger partial charge in [-0.05, 0) is 68.2 Å². The first-order valence-electron chi connectivity index (χ1n) is 18.8. The minimum Gasteiger partial charge on any atom is -0.456 e. The van der Waals surface area contributed by atoms with Crippen molar-refractivity contribution in [2.45, 2.75) is 0 Å². The van der Waals surface area contributed by atoms with Crippen LogP contribution in [0.4, 0.5) is 0 Å². The zero-order valence-corrected chi connectivity index (χ0v) is 29.9. The van der Waals surface area contributed by atoms with Gasteiger partial charge < -0.3 is 8.83 Å². The molecule has 0 saturated heterocycles. The summed E-state index contributed by atoms with van der Waals surface area (Å²) >= 11 is 0. The third-order valence-electron chi connectivity index (χ3n) is 11.1. The molecule has 5 nitrogen and oxygen atoms in total. The van der Waals surface area contributed by atoms with Gasteiger partial charge in [-0.1, -0.05) is 146 Å². The van der Waals surface area contributed by atoms with Crippen LogP contribution in [0.25, 0.3) is 121 Å². The molecule has 0 atom stereocenters. The highest BCUT2D eigenvalue weighted by Gasteiger charge is 2.22. The van der Waals surface area contributed by atoms with E-state index in [0.717, 1.165) is 87.9 Å². The molecule has 0 fully saturated rings. The Morgan fingerprint density at radius 2 is 0.964 bits per heavy atom. The van der Waals surface area contributed by atoms with Gasteiger partial charge in [0.2, 0.25) is 0 Å². The molecule has 0 aliphatic heterocycles. The number of para-hydroxylation sites is 2. The van der Waals surface area contributed by atoms with Gasteiger partial charge in [0.05, 0.1) is 0 Å². The van der Waals surface area contributed by atoms with Crippen molar-refractivity contribution >= 4 is 76.2 Å². The van der Waals surface area contributed by atoms with Gasteiger partial charge in [-0.2, -0.15) is 0 Å². The number of rotatable bonds is 4. The fraction of sp³-hybridized carbons (Fsp3) is 0. The van der Waals surface area contributed by atoms with Crippen LogP contribution >= 0.6 is 0 Å². The Balaban J connectivity index is 1.17. The Morgan fingerprint density at radius 1 is 0.304 bits per heavy atom. The predicted molar refractivity (Wildman–Crippen MR) is 229 cm³/mol. The Morgan fingerprint density at radius 3 is 1.82 bits per heavy atom. The van der Waals surface area contributed by atoms with E-state index in [9.17, 15) is 0 Å². The quantitative estimate of drug-likeness (QED) is 0.170. The maximum atomic E-state index is 6.72. The van der Waals surface area contributed by atoms with E-state index < -0.39 is 0 Å². The number of nitrogens with zero attached hydrogens (tertiary/aromatic N) is 3. The maximum Gasteiger partial charge on any atom is 0.164 e. The summed E-state index contributed by atoms with van der Waals surface area (Å²) in [6.45, 7) is 0. The smallest absolute Gasteiger partial charge is 0.164 e. The van der Waals surface area contributed by atoms with Crippen molar-refractivity contribution in [2.75, 3.05) is 0 Å². The van der Waals surface area contributed by atoms with Crippen molar-refractivity contribution < 1.29 is 8.83 Å². The lowest BCUT2D eigenvalue weighted by molar-refractivity contribution is 0.668. The molecule has 0 radical (unpaired) electrons. The fourth-order valence-corrected chi connectivity index (χ4v) is 8.55. The monoisotopic (exact) mass is 715 g/mol. The van der Waals surface area contributed by atoms with E-state index in [0.29, 0.717) is 17.5 Å². The van der Waals surface area contributed by atoms with E-state index in [-0.39, 0.29) is 0 Å². The van der Waals surface area contributed by atoms with Gasteiger partial charge >= 0.3 is 0 Å². The minimum absolute atomic E-state index is 0.562. The van der Waals surface area contributed by atoms with Crippen molar-refractivity contribution in [1.82, 2.24) is 15.0 Å². The van der Waals surface area contributed by atoms with Gasteiger partial charge in [-0.15, -0.1) is 0 Å². The molecule has 56 heavy (non-hydrogen) atoms. The van der Waals surface area contributed by atoms with Crippen molar-refractivity contribution in [1.29, 1.82) is 0 Å². The van der Waals surface area contributed by atoms with Gasteiger partial charge in [0.25, 0.3) is 0 Å². The molecule has 0 saturated carbocycles. The summed E-state index contributed by atoms with van der Waals surface area (Å²) in [7, 11) is 0. The highest BCUT2D eigenvalue weighted by Crippen LogP contribution is 2.44. The van der Waals surface area contributed by atoms with Crippen LogP contribution in [0.2, 0.25) is 0 Å². The highest BCUT2D eigenvalue weighted by atomic mass is 16.3. The van der Waals surface area contributed by atoms with E-state index in [2.05, 4.69) is 127 Å². The van der Waals surface area contributed by atoms with E-state index in [4.69, 9.17) is 23.8 Å². The first-order chi connectivity index (χ1) is 27.7. The lowest BCUT2D eigenvalue weighted by atomic mass is 9.95. The molecule has 5 heteroatoms. The maximum absolute atomic E-state index is 6.72. The Kier molecular flexibility index (Phi) is 6.56. The average molecular weight is 716 g/mol. The van der Waals surface area contributed by atoms with Crippen LogP contribution in [0.1, 0.15) is 0 Å². The standard InChI is InChI=1S/C51H29N3O2/c1-2-14-31(15-3-1)49-52-50(41-27-32-16-5-6-17-34(32)37-19-8-9-20-38(37)41)54-51(53-49)42-28-33(29-45-47(42)39-21-10-11-24-43(39)55-45)36-22-12-23-40-46-35-18-7-4-13-30(35)25-26-44(46)56-48(36)40/h1-29H. The van der Waals surface area contributed by atoms with Crippen molar-refractivity contribution in [3.8, 4) is 45.3 Å². The first-order valence-corrected chi connectivity index (χ1v) is 18.8. The third kappa shape index (κ3) is 4.64. The van der Waals surface area contributed by atoms with Gasteiger partial charge in [-0.3, -0.25) is 0 Å². The summed E-state index contributed by atoms with van der Waals surface area (Å²) in [5.41, 5.74) is 7.84. The van der Waals surface area contributed by atoms with Gasteiger partial charge in [0.1, 0.15) is 22.3 Å². The van der Waals surface area contributed by atoms with Gasteiger partial charge in [0.15, 0.2) is 17.5 Å². The minimum atomic E-state index is 0.562. The molecule has 12 aromatic rings. The number of fused-ring (bicyclic) bond motifs is 11. The van der Waals surface area contributed by atoms with Crippen LogP contribution in [0.3, 0.4) is 0 Å². The van der Waals surface area contributed by atoms with Crippen molar-refractivity contribution in [2.24, 2.45) is 0 Å². The largest absolute Gasteiger partial charge is 0.456 e. The lowest BCUT2D eigenvalue weighted by Gasteiger charge is -2.13. The third-order valence-corrected chi connectivity index (χ3v) is 11.1. The number of furan rings is 2. The van der Waals surface area contributed by atoms with E-state index in [1.54, 1.807) is 0 Å². The number of hydrogen-bond acceptors (Lipinski definition) is 5. The molecule has 3 heterocycles. The molecule has 0 spiro atoms. The molecular formula is C51H29N3O2. The molecule has 260 valence electrons. The Labute approximate surface area is 320 Å². The SMILES string of the molecule is c1ccc(-c2nc(-c3cc4ccccc4c4ccccc34)nc(-c3cc(-c4cccc5c4oc4ccc6ccccc6c45)cc4oc5ccccc5c34)n2)cc1. The molecule has 3 aromatic heterocycles. The van der Waals surface area contributed by atoms with Crippen LogP contribution < -0.4 is 0 Å². The first kappa shape index (κ1) is 30.8. The second kappa shape index (κ2) is 11.9. The molecule has 0 aliphatic rings. The molecular weight excluding hydrogens is 687 g/mol. The molecule has 0 aliphatic carbocycles. The normalized spacial score (nSPS) is 11.9. The molecule has 0 unspecified atom stereocenters. The molecule has 0 amide bonds. The zero-order chi connectivity index (χ0) is 36.7. The van der Waals surface area contributed by atoms with Crippen LogP contribution in [0, 0.1) is 0 Å². The molecule has 12 rings (SSSR count). The van der Waals surface area contributed by atoms with E-state index in [1.807, 2.05) is 48.5 Å². The van der Waals surface area contributed by atoms with Gasteiger partial charge in [0, 0.05) is 43.8 Å². The molecule has 0 N–H and O–H groups in total. The topological polar surface area (TPSA) is 65.0 Å². The summed E-state index contributed by atoms with van der Waals surface area (Å²) in [6.07, 6.45) is 0. The summed E-state index contributed by atoms with van der Waals surface area (Å²) in [5.74, 6) is 1.76. The van der Waals surface area contributed by atoms with E-state index >= 15 is 0 Å². The number of hydrogen-bond donors (Lipinski definition) is 0. The van der Waals surface area contributed by atoms with Crippen LogP contribution in [-0.2, 0) is 0 Å². The number of benzene rings is 9. The molecule has 0 bridgehead atoms. The highest BCUT2D eigenvalue weighted by molar-refractivity contribution is 6.21. The summed E-state index contributed by atoms with van der Waals surface area (Å²) in [6, 6.07) is 60.8. The predicted octanol–water partition coefficient (Wildman–Crippen LogP) is 13.8. The van der Waals surface area contributed by atoms with Crippen molar-refractivity contribution in [3.05, 3.63) is 176 Å². The van der Waals surface area contributed by atoms with Crippen LogP contribution in [0.15, 0.2) is 185 Å². The van der Waals surface area contributed by atoms with Crippen LogP contribution in [-0.4, -0.2) is 15.0 Å². The average Bonchev–Trinajstić information content (AvgIpc) is 3.85. The summed E-state index contributed by atoms with van der Waals surface area (Å²) in [4.78, 5) is 15.8. The Hall–Kier alpha value is -7.63. The van der Waals surface area contributed by atoms with Crippen LogP contribution in [0.5, 0.6) is 0 Å². The second-order valence-electron chi connectivity index (χ2n) is 14.3. The van der Waals surface area contributed by atoms with E-state index in [1.165, 1.54) is 16.2 Å².